The Kier molecular flexibility index (Phi) is 8.07. The van der Waals surface area contributed by atoms with Crippen LogP contribution in [0, 0.1) is 5.92 Å². The van der Waals surface area contributed by atoms with E-state index in [0.717, 1.165) is 38.4 Å². The summed E-state index contributed by atoms with van der Waals surface area (Å²) in [5.41, 5.74) is 2.41. The Labute approximate surface area is 189 Å². The number of nitrogens with zero attached hydrogens (tertiary/aromatic N) is 2. The molecule has 1 saturated heterocycles. The summed E-state index contributed by atoms with van der Waals surface area (Å²) < 4.78 is 0. The highest BCUT2D eigenvalue weighted by Crippen LogP contribution is 2.15. The molecular formula is C24H31ClN4O2. The number of benzene rings is 2. The van der Waals surface area contributed by atoms with E-state index in [2.05, 4.69) is 27.5 Å². The second-order valence-corrected chi connectivity index (χ2v) is 8.90. The number of anilines is 1. The molecular weight excluding hydrogens is 412 g/mol. The molecule has 1 aliphatic rings. The van der Waals surface area contributed by atoms with Crippen molar-refractivity contribution in [3.63, 3.8) is 0 Å². The van der Waals surface area contributed by atoms with Crippen LogP contribution in [0.2, 0.25) is 5.02 Å². The van der Waals surface area contributed by atoms with Gasteiger partial charge in [-0.1, -0.05) is 37.6 Å². The van der Waals surface area contributed by atoms with Gasteiger partial charge in [0, 0.05) is 49.0 Å². The third-order valence-electron chi connectivity index (χ3n) is 5.57. The van der Waals surface area contributed by atoms with E-state index < -0.39 is 6.04 Å². The van der Waals surface area contributed by atoms with E-state index in [1.54, 1.807) is 24.3 Å². The third kappa shape index (κ3) is 6.79. The number of nitrogens with one attached hydrogen (secondary N) is 2. The van der Waals surface area contributed by atoms with Gasteiger partial charge in [0.2, 0.25) is 5.91 Å². The Morgan fingerprint density at radius 3 is 2.16 bits per heavy atom. The van der Waals surface area contributed by atoms with E-state index in [4.69, 9.17) is 11.6 Å². The molecule has 6 nitrogen and oxygen atoms in total. The molecule has 1 heterocycles. The molecule has 0 aromatic heterocycles. The van der Waals surface area contributed by atoms with E-state index in [9.17, 15) is 9.59 Å². The standard InChI is InChI=1S/C24H31ClN4O2/c1-17(2)22(27-23(30)19-6-8-20(25)9-7-19)24(31)26-21-10-4-18(5-11-21)16-29-14-12-28(3)13-15-29/h4-11,17,22H,12-16H2,1-3H3,(H,26,31)(H,27,30). The molecule has 1 fully saturated rings. The van der Waals surface area contributed by atoms with Gasteiger partial charge in [-0.2, -0.15) is 0 Å². The van der Waals surface area contributed by atoms with Gasteiger partial charge in [0.05, 0.1) is 0 Å². The van der Waals surface area contributed by atoms with E-state index in [1.807, 2.05) is 38.1 Å². The number of hydrogen-bond donors (Lipinski definition) is 2. The van der Waals surface area contributed by atoms with Crippen LogP contribution in [0.15, 0.2) is 48.5 Å². The topological polar surface area (TPSA) is 64.7 Å². The van der Waals surface area contributed by atoms with Crippen LogP contribution in [0.3, 0.4) is 0 Å². The second-order valence-electron chi connectivity index (χ2n) is 8.47. The molecule has 0 saturated carbocycles. The molecule has 1 aliphatic heterocycles. The molecule has 1 atom stereocenters. The van der Waals surface area contributed by atoms with Crippen molar-refractivity contribution in [3.8, 4) is 0 Å². The third-order valence-corrected chi connectivity index (χ3v) is 5.82. The van der Waals surface area contributed by atoms with Gasteiger partial charge >= 0.3 is 0 Å². The Morgan fingerprint density at radius 1 is 0.968 bits per heavy atom. The SMILES string of the molecule is CC(C)C(NC(=O)c1ccc(Cl)cc1)C(=O)Nc1ccc(CN2CCN(C)CC2)cc1. The van der Waals surface area contributed by atoms with Gasteiger partial charge in [-0.3, -0.25) is 14.5 Å². The first-order valence-corrected chi connectivity index (χ1v) is 11.1. The van der Waals surface area contributed by atoms with Crippen molar-refractivity contribution in [2.24, 2.45) is 5.92 Å². The van der Waals surface area contributed by atoms with Crippen LogP contribution in [0.5, 0.6) is 0 Å². The number of piperazine rings is 1. The van der Waals surface area contributed by atoms with Gasteiger partial charge in [-0.15, -0.1) is 0 Å². The molecule has 3 rings (SSSR count). The summed E-state index contributed by atoms with van der Waals surface area (Å²) in [6.45, 7) is 9.04. The van der Waals surface area contributed by atoms with Gasteiger partial charge in [0.1, 0.15) is 6.04 Å². The van der Waals surface area contributed by atoms with Crippen molar-refractivity contribution in [3.05, 3.63) is 64.7 Å². The zero-order valence-electron chi connectivity index (χ0n) is 18.4. The maximum Gasteiger partial charge on any atom is 0.251 e. The van der Waals surface area contributed by atoms with Crippen molar-refractivity contribution in [1.29, 1.82) is 0 Å². The van der Waals surface area contributed by atoms with E-state index >= 15 is 0 Å². The molecule has 0 spiro atoms. The minimum Gasteiger partial charge on any atom is -0.340 e. The number of rotatable bonds is 7. The fourth-order valence-electron chi connectivity index (χ4n) is 3.54. The van der Waals surface area contributed by atoms with Crippen LogP contribution < -0.4 is 10.6 Å². The lowest BCUT2D eigenvalue weighted by molar-refractivity contribution is -0.118. The average molecular weight is 443 g/mol. The Bertz CT molecular complexity index is 875. The quantitative estimate of drug-likeness (QED) is 0.689. The lowest BCUT2D eigenvalue weighted by Gasteiger charge is -2.32. The fraction of sp³-hybridized carbons (Fsp3) is 0.417. The average Bonchev–Trinajstić information content (AvgIpc) is 2.75. The van der Waals surface area contributed by atoms with Gasteiger partial charge in [0.15, 0.2) is 0 Å². The van der Waals surface area contributed by atoms with Crippen LogP contribution in [-0.2, 0) is 11.3 Å². The number of amides is 2. The molecule has 2 aromatic carbocycles. The normalized spacial score (nSPS) is 16.2. The van der Waals surface area contributed by atoms with Gasteiger partial charge in [0.25, 0.3) is 5.91 Å². The number of carbonyl (C=O) groups is 2. The first-order valence-electron chi connectivity index (χ1n) is 10.7. The number of likely N-dealkylation sites (N-methyl/N-ethyl adjacent to an activating group) is 1. The zero-order valence-corrected chi connectivity index (χ0v) is 19.2. The molecule has 31 heavy (non-hydrogen) atoms. The van der Waals surface area contributed by atoms with E-state index in [-0.39, 0.29) is 17.7 Å². The summed E-state index contributed by atoms with van der Waals surface area (Å²) in [5.74, 6) is -0.593. The maximum absolute atomic E-state index is 12.8. The highest BCUT2D eigenvalue weighted by atomic mass is 35.5. The van der Waals surface area contributed by atoms with Crippen LogP contribution >= 0.6 is 11.6 Å². The summed E-state index contributed by atoms with van der Waals surface area (Å²) in [5, 5.41) is 6.33. The number of halogens is 1. The molecule has 1 unspecified atom stereocenters. The highest BCUT2D eigenvalue weighted by molar-refractivity contribution is 6.30. The lowest BCUT2D eigenvalue weighted by Crippen LogP contribution is -2.47. The predicted molar refractivity (Wildman–Crippen MR) is 125 cm³/mol. The van der Waals surface area contributed by atoms with Crippen molar-refractivity contribution >= 4 is 29.1 Å². The Morgan fingerprint density at radius 2 is 1.58 bits per heavy atom. The number of carbonyl (C=O) groups excluding carboxylic acids is 2. The minimum atomic E-state index is -0.645. The smallest absolute Gasteiger partial charge is 0.251 e. The first-order chi connectivity index (χ1) is 14.8. The van der Waals surface area contributed by atoms with Crippen LogP contribution in [0.4, 0.5) is 5.69 Å². The van der Waals surface area contributed by atoms with Crippen molar-refractivity contribution < 1.29 is 9.59 Å². The summed E-state index contributed by atoms with van der Waals surface area (Å²) >= 11 is 5.88. The molecule has 2 N–H and O–H groups in total. The molecule has 7 heteroatoms. The zero-order chi connectivity index (χ0) is 22.4. The van der Waals surface area contributed by atoms with E-state index in [1.165, 1.54) is 5.56 Å². The molecule has 2 amide bonds. The van der Waals surface area contributed by atoms with Crippen LogP contribution in [-0.4, -0.2) is 60.9 Å². The molecule has 0 radical (unpaired) electrons. The Hall–Kier alpha value is -2.41. The van der Waals surface area contributed by atoms with Gasteiger partial charge in [-0.05, 0) is 54.9 Å². The van der Waals surface area contributed by atoms with Crippen molar-refractivity contribution in [2.75, 3.05) is 38.5 Å². The van der Waals surface area contributed by atoms with Crippen molar-refractivity contribution in [2.45, 2.75) is 26.4 Å². The molecule has 0 aliphatic carbocycles. The largest absolute Gasteiger partial charge is 0.340 e. The maximum atomic E-state index is 12.8. The van der Waals surface area contributed by atoms with Crippen LogP contribution in [0.25, 0.3) is 0 Å². The minimum absolute atomic E-state index is 0.0623. The predicted octanol–water partition coefficient (Wildman–Crippen LogP) is 3.48. The highest BCUT2D eigenvalue weighted by Gasteiger charge is 2.25. The molecule has 2 aromatic rings. The Balaban J connectivity index is 1.57. The summed E-state index contributed by atoms with van der Waals surface area (Å²) in [6, 6.07) is 13.9. The molecule has 0 bridgehead atoms. The van der Waals surface area contributed by atoms with Crippen molar-refractivity contribution in [1.82, 2.24) is 15.1 Å². The van der Waals surface area contributed by atoms with Gasteiger partial charge < -0.3 is 15.5 Å². The first kappa shape index (κ1) is 23.3. The summed E-state index contributed by atoms with van der Waals surface area (Å²) in [6.07, 6.45) is 0. The van der Waals surface area contributed by atoms with Crippen LogP contribution in [0.1, 0.15) is 29.8 Å². The van der Waals surface area contributed by atoms with E-state index in [0.29, 0.717) is 10.6 Å². The monoisotopic (exact) mass is 442 g/mol. The van der Waals surface area contributed by atoms with Gasteiger partial charge in [-0.25, -0.2) is 0 Å². The molecule has 166 valence electrons. The summed E-state index contributed by atoms with van der Waals surface area (Å²) in [4.78, 5) is 30.2. The summed E-state index contributed by atoms with van der Waals surface area (Å²) in [7, 11) is 2.15. The second kappa shape index (κ2) is 10.8. The lowest BCUT2D eigenvalue weighted by atomic mass is 10.0. The number of hydrogen-bond acceptors (Lipinski definition) is 4. The fourth-order valence-corrected chi connectivity index (χ4v) is 3.66.